The Morgan fingerprint density at radius 2 is 2.41 bits per heavy atom. The molecule has 0 radical (unpaired) electrons. The van der Waals surface area contributed by atoms with E-state index in [0.29, 0.717) is 6.04 Å². The minimum Gasteiger partial charge on any atom is -0.383 e. The van der Waals surface area contributed by atoms with E-state index >= 15 is 0 Å². The first kappa shape index (κ1) is 14.2. The Bertz CT molecular complexity index is 300. The molecule has 1 aromatic heterocycles. The maximum atomic E-state index is 5.52. The van der Waals surface area contributed by atoms with Gasteiger partial charge in [0.15, 0.2) is 0 Å². The summed E-state index contributed by atoms with van der Waals surface area (Å²) in [6.45, 7) is 2.43. The van der Waals surface area contributed by atoms with Crippen molar-refractivity contribution in [1.29, 1.82) is 0 Å². The van der Waals surface area contributed by atoms with Gasteiger partial charge in [0.1, 0.15) is 0 Å². The lowest BCUT2D eigenvalue weighted by Gasteiger charge is -2.17. The number of hydrogen-bond donors (Lipinski definition) is 2. The first-order valence-electron chi connectivity index (χ1n) is 6.16. The van der Waals surface area contributed by atoms with Crippen molar-refractivity contribution in [3.8, 4) is 0 Å². The summed E-state index contributed by atoms with van der Waals surface area (Å²) in [6.07, 6.45) is 7.06. The third-order valence-electron chi connectivity index (χ3n) is 2.73. The van der Waals surface area contributed by atoms with Crippen molar-refractivity contribution in [2.24, 2.45) is 12.8 Å². The van der Waals surface area contributed by atoms with E-state index in [1.54, 1.807) is 7.11 Å². The zero-order chi connectivity index (χ0) is 12.5. The molecule has 0 aromatic carbocycles. The molecular weight excluding hydrogens is 216 g/mol. The van der Waals surface area contributed by atoms with Crippen molar-refractivity contribution >= 4 is 0 Å². The van der Waals surface area contributed by atoms with Crippen LogP contribution in [0.2, 0.25) is 0 Å². The molecule has 0 aliphatic carbocycles. The molecule has 0 aliphatic rings. The first-order valence-corrected chi connectivity index (χ1v) is 6.16. The molecule has 1 atom stereocenters. The summed E-state index contributed by atoms with van der Waals surface area (Å²) in [5.74, 6) is 0. The normalized spacial score (nSPS) is 12.9. The molecule has 98 valence electrons. The van der Waals surface area contributed by atoms with E-state index in [0.717, 1.165) is 39.0 Å². The number of aromatic nitrogens is 2. The van der Waals surface area contributed by atoms with Crippen LogP contribution in [0.15, 0.2) is 12.4 Å². The Morgan fingerprint density at radius 1 is 1.59 bits per heavy atom. The Labute approximate surface area is 103 Å². The van der Waals surface area contributed by atoms with E-state index in [-0.39, 0.29) is 0 Å². The van der Waals surface area contributed by atoms with Gasteiger partial charge in [0.05, 0.1) is 12.8 Å². The van der Waals surface area contributed by atoms with E-state index in [4.69, 9.17) is 10.5 Å². The Balaban J connectivity index is 2.21. The lowest BCUT2D eigenvalue weighted by molar-refractivity contribution is 0.162. The van der Waals surface area contributed by atoms with Crippen LogP contribution in [0.25, 0.3) is 0 Å². The summed E-state index contributed by atoms with van der Waals surface area (Å²) in [5, 5.41) is 7.64. The molecular formula is C12H24N4O. The van der Waals surface area contributed by atoms with Gasteiger partial charge in [0.25, 0.3) is 0 Å². The van der Waals surface area contributed by atoms with Crippen LogP contribution in [0.3, 0.4) is 0 Å². The van der Waals surface area contributed by atoms with Crippen molar-refractivity contribution in [1.82, 2.24) is 15.1 Å². The monoisotopic (exact) mass is 240 g/mol. The summed E-state index contributed by atoms with van der Waals surface area (Å²) in [7, 11) is 3.67. The lowest BCUT2D eigenvalue weighted by Crippen LogP contribution is -2.35. The SMILES string of the molecule is COCC(CCCN)NCCc1cnn(C)c1. The summed E-state index contributed by atoms with van der Waals surface area (Å²) >= 11 is 0. The Kier molecular flexibility index (Phi) is 6.84. The van der Waals surface area contributed by atoms with Crippen LogP contribution in [-0.4, -0.2) is 42.6 Å². The highest BCUT2D eigenvalue weighted by atomic mass is 16.5. The fourth-order valence-corrected chi connectivity index (χ4v) is 1.83. The van der Waals surface area contributed by atoms with Crippen molar-refractivity contribution in [2.75, 3.05) is 26.8 Å². The molecule has 0 aliphatic heterocycles. The topological polar surface area (TPSA) is 65.1 Å². The molecule has 5 nitrogen and oxygen atoms in total. The molecule has 0 saturated heterocycles. The summed E-state index contributed by atoms with van der Waals surface area (Å²) in [6, 6.07) is 0.403. The third kappa shape index (κ3) is 5.81. The molecule has 1 heterocycles. The van der Waals surface area contributed by atoms with E-state index in [1.165, 1.54) is 5.56 Å². The van der Waals surface area contributed by atoms with Crippen molar-refractivity contribution in [3.63, 3.8) is 0 Å². The quantitative estimate of drug-likeness (QED) is 0.652. The molecule has 1 aromatic rings. The number of nitrogens with one attached hydrogen (secondary N) is 1. The van der Waals surface area contributed by atoms with Gasteiger partial charge in [-0.25, -0.2) is 0 Å². The van der Waals surface area contributed by atoms with Crippen LogP contribution < -0.4 is 11.1 Å². The van der Waals surface area contributed by atoms with Gasteiger partial charge in [-0.3, -0.25) is 4.68 Å². The first-order chi connectivity index (χ1) is 8.26. The maximum Gasteiger partial charge on any atom is 0.0615 e. The summed E-state index contributed by atoms with van der Waals surface area (Å²) in [4.78, 5) is 0. The molecule has 0 bridgehead atoms. The molecule has 1 unspecified atom stereocenters. The number of methoxy groups -OCH3 is 1. The highest BCUT2D eigenvalue weighted by Gasteiger charge is 2.07. The van der Waals surface area contributed by atoms with Crippen LogP contribution in [0.5, 0.6) is 0 Å². The smallest absolute Gasteiger partial charge is 0.0615 e. The van der Waals surface area contributed by atoms with E-state index in [1.807, 2.05) is 24.1 Å². The van der Waals surface area contributed by atoms with Crippen LogP contribution in [0.4, 0.5) is 0 Å². The Hall–Kier alpha value is -0.910. The maximum absolute atomic E-state index is 5.52. The number of rotatable bonds is 9. The van der Waals surface area contributed by atoms with Crippen LogP contribution in [0.1, 0.15) is 18.4 Å². The molecule has 3 N–H and O–H groups in total. The van der Waals surface area contributed by atoms with Crippen molar-refractivity contribution < 1.29 is 4.74 Å². The van der Waals surface area contributed by atoms with Crippen molar-refractivity contribution in [3.05, 3.63) is 18.0 Å². The van der Waals surface area contributed by atoms with E-state index < -0.39 is 0 Å². The van der Waals surface area contributed by atoms with Crippen LogP contribution >= 0.6 is 0 Å². The zero-order valence-corrected chi connectivity index (χ0v) is 10.9. The fraction of sp³-hybridized carbons (Fsp3) is 0.750. The predicted molar refractivity (Wildman–Crippen MR) is 68.9 cm³/mol. The second-order valence-corrected chi connectivity index (χ2v) is 4.31. The summed E-state index contributed by atoms with van der Waals surface area (Å²) in [5.41, 5.74) is 6.78. The molecule has 0 amide bonds. The fourth-order valence-electron chi connectivity index (χ4n) is 1.83. The minimum atomic E-state index is 0.403. The molecule has 0 saturated carbocycles. The lowest BCUT2D eigenvalue weighted by atomic mass is 10.1. The standard InChI is InChI=1S/C12H24N4O/c1-16-9-11(8-15-16)5-7-14-12(10-17-2)4-3-6-13/h8-9,12,14H,3-7,10,13H2,1-2H3. The number of ether oxygens (including phenoxy) is 1. The molecule has 1 rings (SSSR count). The third-order valence-corrected chi connectivity index (χ3v) is 2.73. The highest BCUT2D eigenvalue weighted by molar-refractivity contribution is 5.03. The number of aryl methyl sites for hydroxylation is 1. The average molecular weight is 240 g/mol. The zero-order valence-electron chi connectivity index (χ0n) is 10.9. The van der Waals surface area contributed by atoms with Gasteiger partial charge in [-0.05, 0) is 37.9 Å². The minimum absolute atomic E-state index is 0.403. The number of hydrogen-bond acceptors (Lipinski definition) is 4. The largest absolute Gasteiger partial charge is 0.383 e. The van der Waals surface area contributed by atoms with Gasteiger partial charge < -0.3 is 15.8 Å². The number of nitrogens with two attached hydrogens (primary N) is 1. The van der Waals surface area contributed by atoms with Gasteiger partial charge in [0.2, 0.25) is 0 Å². The second kappa shape index (κ2) is 8.22. The van der Waals surface area contributed by atoms with Gasteiger partial charge in [0, 0.05) is 26.4 Å². The van der Waals surface area contributed by atoms with Gasteiger partial charge in [-0.1, -0.05) is 0 Å². The molecule has 17 heavy (non-hydrogen) atoms. The van der Waals surface area contributed by atoms with E-state index in [2.05, 4.69) is 10.4 Å². The predicted octanol–water partition coefficient (Wildman–Crippen LogP) is 0.306. The van der Waals surface area contributed by atoms with Crippen LogP contribution in [-0.2, 0) is 18.2 Å². The second-order valence-electron chi connectivity index (χ2n) is 4.31. The molecule has 5 heteroatoms. The summed E-state index contributed by atoms with van der Waals surface area (Å²) < 4.78 is 7.02. The Morgan fingerprint density at radius 3 is 3.00 bits per heavy atom. The molecule has 0 fully saturated rings. The van der Waals surface area contributed by atoms with Crippen molar-refractivity contribution in [2.45, 2.75) is 25.3 Å². The van der Waals surface area contributed by atoms with E-state index in [9.17, 15) is 0 Å². The number of nitrogens with zero attached hydrogens (tertiary/aromatic N) is 2. The average Bonchev–Trinajstić information content (AvgIpc) is 2.72. The van der Waals surface area contributed by atoms with Gasteiger partial charge in [-0.15, -0.1) is 0 Å². The highest BCUT2D eigenvalue weighted by Crippen LogP contribution is 1.99. The van der Waals surface area contributed by atoms with Crippen LogP contribution in [0, 0.1) is 0 Å². The molecule has 0 spiro atoms. The van der Waals surface area contributed by atoms with Gasteiger partial charge in [-0.2, -0.15) is 5.10 Å². The van der Waals surface area contributed by atoms with Gasteiger partial charge >= 0.3 is 0 Å².